The van der Waals surface area contributed by atoms with E-state index >= 15 is 0 Å². The fraction of sp³-hybridized carbons (Fsp3) is 0.500. The smallest absolute Gasteiger partial charge is 0.124 e. The van der Waals surface area contributed by atoms with E-state index in [1.807, 2.05) is 26.0 Å². The highest BCUT2D eigenvalue weighted by molar-refractivity contribution is 5.38. The Hall–Kier alpha value is -1.06. The Bertz CT molecular complexity index is 310. The Morgan fingerprint density at radius 3 is 2.67 bits per heavy atom. The summed E-state index contributed by atoms with van der Waals surface area (Å²) in [7, 11) is 1.66. The maximum atomic E-state index is 5.88. The van der Waals surface area contributed by atoms with Crippen LogP contribution in [0, 0.1) is 6.92 Å². The summed E-state index contributed by atoms with van der Waals surface area (Å²) in [5.41, 5.74) is 8.12. The van der Waals surface area contributed by atoms with Crippen LogP contribution in [0.1, 0.15) is 24.1 Å². The Kier molecular flexibility index (Phi) is 4.59. The third-order valence-corrected chi connectivity index (χ3v) is 2.20. The summed E-state index contributed by atoms with van der Waals surface area (Å²) in [6, 6.07) is 6.03. The van der Waals surface area contributed by atoms with Gasteiger partial charge in [-0.3, -0.25) is 0 Å². The molecular formula is C12H19NO2. The van der Waals surface area contributed by atoms with Gasteiger partial charge in [0.15, 0.2) is 0 Å². The molecule has 0 radical (unpaired) electrons. The number of hydrogen-bond acceptors (Lipinski definition) is 3. The molecule has 0 saturated heterocycles. The lowest BCUT2D eigenvalue weighted by Crippen LogP contribution is -2.11. The van der Waals surface area contributed by atoms with Crippen LogP contribution >= 0.6 is 0 Å². The minimum absolute atomic E-state index is 0.0116. The first-order valence-corrected chi connectivity index (χ1v) is 5.13. The highest BCUT2D eigenvalue weighted by Gasteiger charge is 2.07. The maximum absolute atomic E-state index is 5.88. The molecule has 3 nitrogen and oxygen atoms in total. The topological polar surface area (TPSA) is 44.5 Å². The van der Waals surface area contributed by atoms with Crippen molar-refractivity contribution in [2.45, 2.75) is 19.9 Å². The second-order valence-electron chi connectivity index (χ2n) is 3.67. The highest BCUT2D eigenvalue weighted by atomic mass is 16.5. The number of methoxy groups -OCH3 is 1. The average Bonchev–Trinajstić information content (AvgIpc) is 2.20. The van der Waals surface area contributed by atoms with Crippen LogP contribution < -0.4 is 10.5 Å². The summed E-state index contributed by atoms with van der Waals surface area (Å²) >= 11 is 0. The molecule has 2 N–H and O–H groups in total. The van der Waals surface area contributed by atoms with Gasteiger partial charge in [-0.25, -0.2) is 0 Å². The zero-order valence-electron chi connectivity index (χ0n) is 9.62. The minimum atomic E-state index is -0.0116. The summed E-state index contributed by atoms with van der Waals surface area (Å²) in [5.74, 6) is 0.854. The molecule has 1 atom stereocenters. The van der Waals surface area contributed by atoms with Crippen molar-refractivity contribution in [1.29, 1.82) is 0 Å². The quantitative estimate of drug-likeness (QED) is 0.755. The standard InChI is InChI=1S/C12H19NO2/c1-9-4-5-12(15-7-6-14-3)11(8-9)10(2)13/h4-5,8,10H,6-7,13H2,1-3H3. The SMILES string of the molecule is COCCOc1ccc(C)cc1C(C)N. The normalized spacial score (nSPS) is 12.5. The maximum Gasteiger partial charge on any atom is 0.124 e. The fourth-order valence-corrected chi connectivity index (χ4v) is 1.39. The van der Waals surface area contributed by atoms with Gasteiger partial charge in [0.2, 0.25) is 0 Å². The van der Waals surface area contributed by atoms with Crippen LogP contribution in [0.25, 0.3) is 0 Å². The van der Waals surface area contributed by atoms with E-state index in [1.54, 1.807) is 7.11 Å². The zero-order valence-corrected chi connectivity index (χ0v) is 9.62. The van der Waals surface area contributed by atoms with Crippen LogP contribution in [0.2, 0.25) is 0 Å². The first-order chi connectivity index (χ1) is 7.15. The van der Waals surface area contributed by atoms with Crippen molar-refractivity contribution >= 4 is 0 Å². The highest BCUT2D eigenvalue weighted by Crippen LogP contribution is 2.24. The van der Waals surface area contributed by atoms with Crippen LogP contribution in [-0.4, -0.2) is 20.3 Å². The number of benzene rings is 1. The van der Waals surface area contributed by atoms with Gasteiger partial charge >= 0.3 is 0 Å². The second kappa shape index (κ2) is 5.73. The molecular weight excluding hydrogens is 190 g/mol. The van der Waals surface area contributed by atoms with Gasteiger partial charge in [0.1, 0.15) is 12.4 Å². The van der Waals surface area contributed by atoms with Crippen molar-refractivity contribution in [2.75, 3.05) is 20.3 Å². The molecule has 0 saturated carbocycles. The predicted octanol–water partition coefficient (Wildman–Crippen LogP) is 2.04. The van der Waals surface area contributed by atoms with Crippen molar-refractivity contribution in [2.24, 2.45) is 5.73 Å². The van der Waals surface area contributed by atoms with Gasteiger partial charge in [-0.15, -0.1) is 0 Å². The molecule has 0 heterocycles. The van der Waals surface area contributed by atoms with E-state index in [9.17, 15) is 0 Å². The number of rotatable bonds is 5. The molecule has 1 aromatic carbocycles. The Morgan fingerprint density at radius 2 is 2.07 bits per heavy atom. The molecule has 1 aromatic rings. The van der Waals surface area contributed by atoms with Crippen LogP contribution in [0.15, 0.2) is 18.2 Å². The van der Waals surface area contributed by atoms with E-state index < -0.39 is 0 Å². The molecule has 0 bridgehead atoms. The molecule has 0 aromatic heterocycles. The first kappa shape index (κ1) is 12.0. The molecule has 0 fully saturated rings. The molecule has 1 unspecified atom stereocenters. The summed E-state index contributed by atoms with van der Waals surface area (Å²) in [6.45, 7) is 5.15. The monoisotopic (exact) mass is 209 g/mol. The Morgan fingerprint density at radius 1 is 1.33 bits per heavy atom. The molecule has 15 heavy (non-hydrogen) atoms. The summed E-state index contributed by atoms with van der Waals surface area (Å²) in [4.78, 5) is 0. The van der Waals surface area contributed by atoms with Crippen molar-refractivity contribution in [3.05, 3.63) is 29.3 Å². The molecule has 3 heteroatoms. The van der Waals surface area contributed by atoms with E-state index in [1.165, 1.54) is 5.56 Å². The molecule has 0 aliphatic heterocycles. The van der Waals surface area contributed by atoms with Crippen LogP contribution in [-0.2, 0) is 4.74 Å². The van der Waals surface area contributed by atoms with E-state index in [2.05, 4.69) is 6.07 Å². The lowest BCUT2D eigenvalue weighted by atomic mass is 10.1. The molecule has 84 valence electrons. The lowest BCUT2D eigenvalue weighted by Gasteiger charge is -2.14. The number of ether oxygens (including phenoxy) is 2. The predicted molar refractivity (Wildman–Crippen MR) is 61.2 cm³/mol. The van der Waals surface area contributed by atoms with Crippen LogP contribution in [0.4, 0.5) is 0 Å². The van der Waals surface area contributed by atoms with Crippen LogP contribution in [0.3, 0.4) is 0 Å². The molecule has 0 spiro atoms. The van der Waals surface area contributed by atoms with Gasteiger partial charge in [0.25, 0.3) is 0 Å². The Labute approximate surface area is 91.2 Å². The third kappa shape index (κ3) is 3.53. The molecule has 1 rings (SSSR count). The molecule has 0 aliphatic carbocycles. The van der Waals surface area contributed by atoms with Crippen molar-refractivity contribution in [3.8, 4) is 5.75 Å². The third-order valence-electron chi connectivity index (χ3n) is 2.20. The van der Waals surface area contributed by atoms with E-state index in [0.29, 0.717) is 13.2 Å². The second-order valence-corrected chi connectivity index (χ2v) is 3.67. The first-order valence-electron chi connectivity index (χ1n) is 5.13. The van der Waals surface area contributed by atoms with Gasteiger partial charge in [0.05, 0.1) is 6.61 Å². The molecule has 0 amide bonds. The average molecular weight is 209 g/mol. The van der Waals surface area contributed by atoms with Gasteiger partial charge in [-0.1, -0.05) is 17.7 Å². The van der Waals surface area contributed by atoms with Crippen LogP contribution in [0.5, 0.6) is 5.75 Å². The molecule has 0 aliphatic rings. The number of nitrogens with two attached hydrogens (primary N) is 1. The number of hydrogen-bond donors (Lipinski definition) is 1. The van der Waals surface area contributed by atoms with Crippen molar-refractivity contribution < 1.29 is 9.47 Å². The lowest BCUT2D eigenvalue weighted by molar-refractivity contribution is 0.145. The summed E-state index contributed by atoms with van der Waals surface area (Å²) < 4.78 is 10.5. The van der Waals surface area contributed by atoms with Crippen molar-refractivity contribution in [1.82, 2.24) is 0 Å². The Balaban J connectivity index is 2.77. The van der Waals surface area contributed by atoms with Gasteiger partial charge in [-0.2, -0.15) is 0 Å². The van der Waals surface area contributed by atoms with Crippen molar-refractivity contribution in [3.63, 3.8) is 0 Å². The summed E-state index contributed by atoms with van der Waals surface area (Å²) in [5, 5.41) is 0. The fourth-order valence-electron chi connectivity index (χ4n) is 1.39. The summed E-state index contributed by atoms with van der Waals surface area (Å²) in [6.07, 6.45) is 0. The van der Waals surface area contributed by atoms with Gasteiger partial charge in [-0.05, 0) is 19.9 Å². The van der Waals surface area contributed by atoms with E-state index in [-0.39, 0.29) is 6.04 Å². The minimum Gasteiger partial charge on any atom is -0.491 e. The van der Waals surface area contributed by atoms with Gasteiger partial charge in [0, 0.05) is 18.7 Å². The van der Waals surface area contributed by atoms with Gasteiger partial charge < -0.3 is 15.2 Å². The largest absolute Gasteiger partial charge is 0.491 e. The zero-order chi connectivity index (χ0) is 11.3. The number of aryl methyl sites for hydroxylation is 1. The van der Waals surface area contributed by atoms with E-state index in [0.717, 1.165) is 11.3 Å². The van der Waals surface area contributed by atoms with E-state index in [4.69, 9.17) is 15.2 Å².